The average Bonchev–Trinajstić information content (AvgIpc) is 2.59. The Bertz CT molecular complexity index is 835. The van der Waals surface area contributed by atoms with Crippen molar-refractivity contribution in [2.45, 2.75) is 6.04 Å². The second-order valence-corrected chi connectivity index (χ2v) is 6.86. The average molecular weight is 366 g/mol. The largest absolute Gasteiger partial charge is 0.468 e. The molecular weight excluding hydrogens is 350 g/mol. The lowest BCUT2D eigenvalue weighted by Crippen LogP contribution is -2.33. The van der Waals surface area contributed by atoms with Crippen LogP contribution in [0, 0.1) is 0 Å². The molecule has 0 amide bonds. The van der Waals surface area contributed by atoms with E-state index in [1.165, 1.54) is 13.2 Å². The van der Waals surface area contributed by atoms with Gasteiger partial charge in [0.05, 0.1) is 7.11 Å². The summed E-state index contributed by atoms with van der Waals surface area (Å²) < 4.78 is 31.5. The van der Waals surface area contributed by atoms with Crippen molar-refractivity contribution in [3.63, 3.8) is 0 Å². The van der Waals surface area contributed by atoms with Crippen LogP contribution in [-0.4, -0.2) is 21.5 Å². The van der Waals surface area contributed by atoms with Crippen molar-refractivity contribution in [3.05, 3.63) is 76.2 Å². The number of carbonyl (C=O) groups excluding carboxylic acids is 1. The molecule has 0 saturated heterocycles. The van der Waals surface area contributed by atoms with Gasteiger partial charge in [-0.25, -0.2) is 13.2 Å². The maximum absolute atomic E-state index is 12.3. The molecule has 2 aromatic carbocycles. The summed E-state index contributed by atoms with van der Waals surface area (Å²) in [4.78, 5) is 11.9. The lowest BCUT2D eigenvalue weighted by molar-refractivity contribution is -0.142. The van der Waals surface area contributed by atoms with Crippen LogP contribution in [0.25, 0.3) is 6.08 Å². The number of halogens is 1. The third-order valence-corrected chi connectivity index (χ3v) is 4.59. The van der Waals surface area contributed by atoms with Gasteiger partial charge in [0.25, 0.3) is 0 Å². The van der Waals surface area contributed by atoms with Crippen molar-refractivity contribution in [2.24, 2.45) is 0 Å². The smallest absolute Gasteiger partial charge is 0.328 e. The summed E-state index contributed by atoms with van der Waals surface area (Å²) >= 11 is 5.99. The van der Waals surface area contributed by atoms with Gasteiger partial charge < -0.3 is 4.74 Å². The Labute approximate surface area is 146 Å². The predicted octanol–water partition coefficient (Wildman–Crippen LogP) is 3.14. The predicted molar refractivity (Wildman–Crippen MR) is 93.7 cm³/mol. The van der Waals surface area contributed by atoms with Crippen LogP contribution >= 0.6 is 11.6 Å². The van der Waals surface area contributed by atoms with Gasteiger partial charge in [-0.1, -0.05) is 60.1 Å². The molecule has 0 spiro atoms. The summed E-state index contributed by atoms with van der Waals surface area (Å²) in [6.07, 6.45) is 1.37. The van der Waals surface area contributed by atoms with Gasteiger partial charge in [0.1, 0.15) is 6.04 Å². The Hall–Kier alpha value is -2.15. The molecule has 0 aromatic heterocycles. The van der Waals surface area contributed by atoms with Gasteiger partial charge in [-0.2, -0.15) is 4.72 Å². The van der Waals surface area contributed by atoms with E-state index in [1.54, 1.807) is 54.6 Å². The maximum atomic E-state index is 12.3. The molecule has 0 aliphatic heterocycles. The summed E-state index contributed by atoms with van der Waals surface area (Å²) in [5, 5.41) is 1.39. The molecule has 126 valence electrons. The number of methoxy groups -OCH3 is 1. The van der Waals surface area contributed by atoms with Crippen molar-refractivity contribution < 1.29 is 17.9 Å². The Morgan fingerprint density at radius 2 is 1.75 bits per heavy atom. The van der Waals surface area contributed by atoms with Crippen LogP contribution in [0.2, 0.25) is 5.02 Å². The van der Waals surface area contributed by atoms with E-state index in [2.05, 4.69) is 9.46 Å². The molecular formula is C17H16ClNO4S. The first-order valence-electron chi connectivity index (χ1n) is 7.00. The monoisotopic (exact) mass is 365 g/mol. The zero-order chi connectivity index (χ0) is 17.6. The quantitative estimate of drug-likeness (QED) is 0.798. The molecule has 0 heterocycles. The minimum absolute atomic E-state index is 0.427. The molecule has 1 N–H and O–H groups in total. The third kappa shape index (κ3) is 4.92. The first-order valence-corrected chi connectivity index (χ1v) is 8.93. The molecule has 0 fully saturated rings. The van der Waals surface area contributed by atoms with Crippen molar-refractivity contribution in [1.82, 2.24) is 4.72 Å². The minimum Gasteiger partial charge on any atom is -0.468 e. The Morgan fingerprint density at radius 3 is 2.38 bits per heavy atom. The first-order chi connectivity index (χ1) is 11.4. The molecule has 0 saturated carbocycles. The van der Waals surface area contributed by atoms with E-state index in [4.69, 9.17) is 11.6 Å². The first kappa shape index (κ1) is 18.2. The molecule has 0 radical (unpaired) electrons. The summed E-state index contributed by atoms with van der Waals surface area (Å²) in [5.74, 6) is -0.698. The normalized spacial score (nSPS) is 12.9. The zero-order valence-corrected chi connectivity index (χ0v) is 14.4. The standard InChI is InChI=1S/C17H16ClNO4S/c1-23-17(20)16(14-8-3-2-4-9-14)19-24(21,22)12-11-13-7-5-6-10-15(13)18/h2-12,16,19H,1H3. The Kier molecular flexibility index (Phi) is 6.14. The summed E-state index contributed by atoms with van der Waals surface area (Å²) in [7, 11) is -2.69. The molecule has 1 atom stereocenters. The Balaban J connectivity index is 2.25. The van der Waals surface area contributed by atoms with Crippen LogP contribution in [-0.2, 0) is 19.6 Å². The number of esters is 1. The highest BCUT2D eigenvalue weighted by Crippen LogP contribution is 2.18. The van der Waals surface area contributed by atoms with E-state index in [0.717, 1.165) is 5.41 Å². The number of hydrogen-bond acceptors (Lipinski definition) is 4. The minimum atomic E-state index is -3.89. The second kappa shape index (κ2) is 8.10. The van der Waals surface area contributed by atoms with Gasteiger partial charge in [0, 0.05) is 10.4 Å². The van der Waals surface area contributed by atoms with E-state index >= 15 is 0 Å². The molecule has 2 rings (SSSR count). The maximum Gasteiger partial charge on any atom is 0.328 e. The van der Waals surface area contributed by atoms with Gasteiger partial charge in [0.2, 0.25) is 10.0 Å². The SMILES string of the molecule is COC(=O)C(NS(=O)(=O)C=Cc1ccccc1Cl)c1ccccc1. The second-order valence-electron chi connectivity index (χ2n) is 4.85. The van der Waals surface area contributed by atoms with Gasteiger partial charge in [-0.15, -0.1) is 0 Å². The molecule has 5 nitrogen and oxygen atoms in total. The van der Waals surface area contributed by atoms with E-state index < -0.39 is 22.0 Å². The van der Waals surface area contributed by atoms with E-state index in [9.17, 15) is 13.2 Å². The lowest BCUT2D eigenvalue weighted by Gasteiger charge is -2.15. The highest BCUT2D eigenvalue weighted by atomic mass is 35.5. The fourth-order valence-corrected chi connectivity index (χ4v) is 3.16. The third-order valence-electron chi connectivity index (χ3n) is 3.18. The number of rotatable bonds is 6. The highest BCUT2D eigenvalue weighted by Gasteiger charge is 2.25. The van der Waals surface area contributed by atoms with Crippen molar-refractivity contribution >= 4 is 33.7 Å². The Morgan fingerprint density at radius 1 is 1.12 bits per heavy atom. The van der Waals surface area contributed by atoms with E-state index in [-0.39, 0.29) is 0 Å². The number of hydrogen-bond donors (Lipinski definition) is 1. The number of carbonyl (C=O) groups is 1. The van der Waals surface area contributed by atoms with Gasteiger partial charge >= 0.3 is 5.97 Å². The van der Waals surface area contributed by atoms with E-state index in [1.807, 2.05) is 0 Å². The van der Waals surface area contributed by atoms with Crippen LogP contribution in [0.3, 0.4) is 0 Å². The van der Waals surface area contributed by atoms with Gasteiger partial charge in [0.15, 0.2) is 0 Å². The van der Waals surface area contributed by atoms with Crippen molar-refractivity contribution in [2.75, 3.05) is 7.11 Å². The van der Waals surface area contributed by atoms with Crippen LogP contribution in [0.4, 0.5) is 0 Å². The zero-order valence-electron chi connectivity index (χ0n) is 12.8. The fraction of sp³-hybridized carbons (Fsp3) is 0.118. The molecule has 0 bridgehead atoms. The number of ether oxygens (including phenoxy) is 1. The van der Waals surface area contributed by atoms with Crippen molar-refractivity contribution in [1.29, 1.82) is 0 Å². The molecule has 7 heteroatoms. The summed E-state index contributed by atoms with van der Waals surface area (Å²) in [6, 6.07) is 14.2. The summed E-state index contributed by atoms with van der Waals surface area (Å²) in [5.41, 5.74) is 1.04. The molecule has 2 aromatic rings. The number of nitrogens with one attached hydrogen (secondary N) is 1. The van der Waals surface area contributed by atoms with Gasteiger partial charge in [-0.3, -0.25) is 0 Å². The lowest BCUT2D eigenvalue weighted by atomic mass is 10.1. The molecule has 0 aliphatic rings. The van der Waals surface area contributed by atoms with Crippen LogP contribution in [0.5, 0.6) is 0 Å². The number of benzene rings is 2. The number of sulfonamides is 1. The summed E-state index contributed by atoms with van der Waals surface area (Å²) in [6.45, 7) is 0. The highest BCUT2D eigenvalue weighted by molar-refractivity contribution is 7.92. The molecule has 1 unspecified atom stereocenters. The molecule has 0 aliphatic carbocycles. The fourth-order valence-electron chi connectivity index (χ4n) is 1.99. The van der Waals surface area contributed by atoms with Gasteiger partial charge in [-0.05, 0) is 23.3 Å². The van der Waals surface area contributed by atoms with Crippen molar-refractivity contribution in [3.8, 4) is 0 Å². The van der Waals surface area contributed by atoms with Crippen LogP contribution in [0.1, 0.15) is 17.2 Å². The van der Waals surface area contributed by atoms with Crippen LogP contribution in [0.15, 0.2) is 60.0 Å². The topological polar surface area (TPSA) is 72.5 Å². The van der Waals surface area contributed by atoms with E-state index in [0.29, 0.717) is 16.1 Å². The molecule has 24 heavy (non-hydrogen) atoms. The van der Waals surface area contributed by atoms with Crippen LogP contribution < -0.4 is 4.72 Å².